The van der Waals surface area contributed by atoms with Gasteiger partial charge in [0.15, 0.2) is 17.6 Å². The molecule has 0 fully saturated rings. The van der Waals surface area contributed by atoms with Crippen molar-refractivity contribution < 1.29 is 19.0 Å². The van der Waals surface area contributed by atoms with Crippen LogP contribution < -0.4 is 14.8 Å². The Kier molecular flexibility index (Phi) is 4.34. The number of aryl methyl sites for hydroxylation is 1. The molecule has 2 aromatic carbocycles. The van der Waals surface area contributed by atoms with Crippen molar-refractivity contribution in [3.8, 4) is 11.5 Å². The van der Waals surface area contributed by atoms with Gasteiger partial charge in [-0.1, -0.05) is 25.1 Å². The van der Waals surface area contributed by atoms with Crippen LogP contribution in [0.25, 0.3) is 0 Å². The van der Waals surface area contributed by atoms with Crippen molar-refractivity contribution in [2.45, 2.75) is 19.4 Å². The lowest BCUT2D eigenvalue weighted by molar-refractivity contribution is 0.0454. The van der Waals surface area contributed by atoms with Crippen molar-refractivity contribution in [3.05, 3.63) is 52.6 Å². The fourth-order valence-electron chi connectivity index (χ4n) is 3.10. The molecule has 0 saturated carbocycles. The van der Waals surface area contributed by atoms with Crippen LogP contribution in [0.3, 0.4) is 0 Å². The predicted molar refractivity (Wildman–Crippen MR) is 92.2 cm³/mol. The zero-order valence-corrected chi connectivity index (χ0v) is 14.3. The second-order valence-corrected chi connectivity index (χ2v) is 5.58. The number of hydrogen-bond donors (Lipinski definition) is 1. The first-order valence-corrected chi connectivity index (χ1v) is 7.91. The summed E-state index contributed by atoms with van der Waals surface area (Å²) in [5, 5.41) is 3.20. The number of nitrogens with one attached hydrogen (secondary N) is 1. The van der Waals surface area contributed by atoms with Crippen molar-refractivity contribution in [2.75, 3.05) is 26.6 Å². The first-order valence-electron chi connectivity index (χ1n) is 7.91. The van der Waals surface area contributed by atoms with Crippen LogP contribution in [0.5, 0.6) is 11.5 Å². The molecule has 0 aliphatic carbocycles. The molecule has 0 saturated heterocycles. The van der Waals surface area contributed by atoms with Gasteiger partial charge in [-0.3, -0.25) is 0 Å². The molecule has 5 nitrogen and oxygen atoms in total. The Hall–Kier alpha value is -2.69. The Bertz CT molecular complexity index is 785. The summed E-state index contributed by atoms with van der Waals surface area (Å²) < 4.78 is 16.3. The predicted octanol–water partition coefficient (Wildman–Crippen LogP) is 3.57. The average molecular weight is 327 g/mol. The van der Waals surface area contributed by atoms with Crippen LogP contribution >= 0.6 is 0 Å². The molecule has 0 radical (unpaired) electrons. The van der Waals surface area contributed by atoms with Crippen molar-refractivity contribution in [1.82, 2.24) is 0 Å². The van der Waals surface area contributed by atoms with Crippen LogP contribution in [0.4, 0.5) is 5.69 Å². The molecular weight excluding hydrogens is 306 g/mol. The van der Waals surface area contributed by atoms with E-state index < -0.39 is 12.1 Å². The molecule has 3 rings (SSSR count). The number of carbonyl (C=O) groups is 1. The summed E-state index contributed by atoms with van der Waals surface area (Å²) in [4.78, 5) is 12.4. The van der Waals surface area contributed by atoms with Crippen LogP contribution in [0.2, 0.25) is 0 Å². The van der Waals surface area contributed by atoms with E-state index in [9.17, 15) is 4.79 Å². The zero-order chi connectivity index (χ0) is 17.3. The average Bonchev–Trinajstić information content (AvgIpc) is 2.96. The highest BCUT2D eigenvalue weighted by atomic mass is 16.6. The third-order valence-corrected chi connectivity index (χ3v) is 4.37. The molecule has 1 atom stereocenters. The molecule has 1 heterocycles. The van der Waals surface area contributed by atoms with Gasteiger partial charge in [0.25, 0.3) is 0 Å². The molecule has 1 N–H and O–H groups in total. The van der Waals surface area contributed by atoms with Crippen LogP contribution in [0.1, 0.15) is 40.1 Å². The minimum absolute atomic E-state index is 0.396. The van der Waals surface area contributed by atoms with Crippen molar-refractivity contribution in [3.63, 3.8) is 0 Å². The van der Waals surface area contributed by atoms with Crippen molar-refractivity contribution in [1.29, 1.82) is 0 Å². The number of cyclic esters (lactones) is 1. The minimum Gasteiger partial charge on any atom is -0.493 e. The summed E-state index contributed by atoms with van der Waals surface area (Å²) in [6.07, 6.45) is 0.488. The zero-order valence-electron chi connectivity index (χ0n) is 14.3. The molecule has 1 aliphatic heterocycles. The third-order valence-electron chi connectivity index (χ3n) is 4.37. The van der Waals surface area contributed by atoms with Crippen molar-refractivity contribution in [2.24, 2.45) is 0 Å². The van der Waals surface area contributed by atoms with Gasteiger partial charge in [-0.05, 0) is 24.1 Å². The summed E-state index contributed by atoms with van der Waals surface area (Å²) in [6.45, 7) is 2.11. The quantitative estimate of drug-likeness (QED) is 0.851. The van der Waals surface area contributed by atoms with Gasteiger partial charge in [0.2, 0.25) is 0 Å². The summed E-state index contributed by atoms with van der Waals surface area (Å²) in [7, 11) is 4.93. The lowest BCUT2D eigenvalue weighted by Gasteiger charge is -2.17. The first kappa shape index (κ1) is 16.2. The summed E-state index contributed by atoms with van der Waals surface area (Å²) >= 11 is 0. The van der Waals surface area contributed by atoms with E-state index in [4.69, 9.17) is 14.2 Å². The van der Waals surface area contributed by atoms with E-state index in [0.29, 0.717) is 17.1 Å². The number of benzene rings is 2. The molecule has 0 spiro atoms. The summed E-state index contributed by atoms with van der Waals surface area (Å²) in [5.41, 5.74) is 4.32. The molecule has 0 bridgehead atoms. The number of anilines is 1. The molecule has 1 unspecified atom stereocenters. The maximum atomic E-state index is 12.4. The SMILES string of the molecule is CCc1ccc(C2OC(=O)c3c2ccc(OC)c3OC)c(NC)c1. The van der Waals surface area contributed by atoms with Gasteiger partial charge in [0.05, 0.1) is 14.2 Å². The molecule has 24 heavy (non-hydrogen) atoms. The molecule has 5 heteroatoms. The van der Waals surface area contributed by atoms with Gasteiger partial charge in [-0.2, -0.15) is 0 Å². The lowest BCUT2D eigenvalue weighted by atomic mass is 9.95. The van der Waals surface area contributed by atoms with Gasteiger partial charge in [-0.15, -0.1) is 0 Å². The smallest absolute Gasteiger partial charge is 0.343 e. The van der Waals surface area contributed by atoms with Gasteiger partial charge in [-0.25, -0.2) is 4.79 Å². The molecular formula is C19H21NO4. The second-order valence-electron chi connectivity index (χ2n) is 5.58. The Morgan fingerprint density at radius 2 is 1.88 bits per heavy atom. The molecule has 0 aromatic heterocycles. The van der Waals surface area contributed by atoms with Crippen LogP contribution in [-0.2, 0) is 11.2 Å². The number of carbonyl (C=O) groups excluding carboxylic acids is 1. The monoisotopic (exact) mass is 327 g/mol. The van der Waals surface area contributed by atoms with E-state index in [-0.39, 0.29) is 0 Å². The van der Waals surface area contributed by atoms with Crippen LogP contribution in [0.15, 0.2) is 30.3 Å². The fourth-order valence-corrected chi connectivity index (χ4v) is 3.10. The number of methoxy groups -OCH3 is 2. The van der Waals surface area contributed by atoms with Gasteiger partial charge in [0, 0.05) is 23.9 Å². The van der Waals surface area contributed by atoms with E-state index in [1.165, 1.54) is 12.7 Å². The molecule has 126 valence electrons. The molecule has 0 amide bonds. The Balaban J connectivity index is 2.14. The Morgan fingerprint density at radius 3 is 2.50 bits per heavy atom. The number of rotatable bonds is 5. The topological polar surface area (TPSA) is 56.8 Å². The van der Waals surface area contributed by atoms with Crippen molar-refractivity contribution >= 4 is 11.7 Å². The number of esters is 1. The van der Waals surface area contributed by atoms with Gasteiger partial charge in [0.1, 0.15) is 5.56 Å². The Labute approximate surface area is 141 Å². The summed E-state index contributed by atoms with van der Waals surface area (Å²) in [5.74, 6) is 0.537. The largest absolute Gasteiger partial charge is 0.493 e. The second kappa shape index (κ2) is 6.43. The summed E-state index contributed by atoms with van der Waals surface area (Å²) in [6, 6.07) is 9.81. The number of ether oxygens (including phenoxy) is 3. The van der Waals surface area contributed by atoms with E-state index >= 15 is 0 Å². The third kappa shape index (κ3) is 2.46. The van der Waals surface area contributed by atoms with Gasteiger partial charge < -0.3 is 19.5 Å². The van der Waals surface area contributed by atoms with E-state index in [1.54, 1.807) is 13.2 Å². The van der Waals surface area contributed by atoms with Gasteiger partial charge >= 0.3 is 5.97 Å². The molecule has 2 aromatic rings. The lowest BCUT2D eigenvalue weighted by Crippen LogP contribution is -2.05. The number of fused-ring (bicyclic) bond motifs is 1. The van der Waals surface area contributed by atoms with Crippen LogP contribution in [0, 0.1) is 0 Å². The Morgan fingerprint density at radius 1 is 1.12 bits per heavy atom. The normalized spacial score (nSPS) is 15.7. The number of hydrogen-bond acceptors (Lipinski definition) is 5. The minimum atomic E-state index is -0.458. The van der Waals surface area contributed by atoms with E-state index in [1.807, 2.05) is 19.2 Å². The molecule has 1 aliphatic rings. The van der Waals surface area contributed by atoms with E-state index in [2.05, 4.69) is 24.4 Å². The van der Waals surface area contributed by atoms with E-state index in [0.717, 1.165) is 23.2 Å². The highest BCUT2D eigenvalue weighted by Gasteiger charge is 2.37. The fraction of sp³-hybridized carbons (Fsp3) is 0.316. The first-order chi connectivity index (χ1) is 11.6. The highest BCUT2D eigenvalue weighted by molar-refractivity contribution is 5.98. The maximum Gasteiger partial charge on any atom is 0.343 e. The maximum absolute atomic E-state index is 12.4. The standard InChI is InChI=1S/C19H21NO4/c1-5-11-6-7-12(14(10-11)20-2)17-13-8-9-15(22-3)18(23-4)16(13)19(21)24-17/h6-10,17,20H,5H2,1-4H3. The highest BCUT2D eigenvalue weighted by Crippen LogP contribution is 2.45. The van der Waals surface area contributed by atoms with Crippen LogP contribution in [-0.4, -0.2) is 27.2 Å².